The summed E-state index contributed by atoms with van der Waals surface area (Å²) in [5.41, 5.74) is 2.75. The minimum atomic E-state index is -0.0790. The van der Waals surface area contributed by atoms with Crippen molar-refractivity contribution in [2.45, 2.75) is 13.0 Å². The lowest BCUT2D eigenvalue weighted by atomic mass is 10.1. The van der Waals surface area contributed by atoms with Crippen molar-refractivity contribution < 1.29 is 9.53 Å². The van der Waals surface area contributed by atoms with Gasteiger partial charge in [-0.05, 0) is 36.8 Å². The summed E-state index contributed by atoms with van der Waals surface area (Å²) >= 11 is 0. The van der Waals surface area contributed by atoms with Crippen molar-refractivity contribution in [3.05, 3.63) is 53.6 Å². The van der Waals surface area contributed by atoms with Gasteiger partial charge in [-0.3, -0.25) is 9.78 Å². The van der Waals surface area contributed by atoms with Crippen LogP contribution in [-0.2, 0) is 11.8 Å². The summed E-state index contributed by atoms with van der Waals surface area (Å²) in [4.78, 5) is 18.6. The largest absolute Gasteiger partial charge is 0.370 e. The van der Waals surface area contributed by atoms with Gasteiger partial charge in [-0.2, -0.15) is 0 Å². The number of pyridine rings is 1. The number of rotatable bonds is 2. The molecule has 110 valence electrons. The number of hydrogen-bond donors (Lipinski definition) is 0. The number of carbonyl (C=O) groups excluding carboxylic acids is 1. The Balaban J connectivity index is 1.77. The van der Waals surface area contributed by atoms with E-state index >= 15 is 0 Å². The Morgan fingerprint density at radius 2 is 2.29 bits per heavy atom. The fraction of sp³-hybridized carbons (Fsp3) is 0.375. The second-order valence-electron chi connectivity index (χ2n) is 5.35. The van der Waals surface area contributed by atoms with Crippen LogP contribution in [0.4, 0.5) is 0 Å². The molecule has 3 rings (SSSR count). The molecule has 1 fully saturated rings. The molecule has 0 bridgehead atoms. The lowest BCUT2D eigenvalue weighted by molar-refractivity contribution is -0.0231. The van der Waals surface area contributed by atoms with Gasteiger partial charge in [-0.15, -0.1) is 0 Å². The van der Waals surface area contributed by atoms with Crippen LogP contribution in [0.1, 0.15) is 27.8 Å². The maximum Gasteiger partial charge on any atom is 0.270 e. The second-order valence-corrected chi connectivity index (χ2v) is 5.35. The third kappa shape index (κ3) is 2.83. The van der Waals surface area contributed by atoms with Crippen molar-refractivity contribution in [2.24, 2.45) is 7.05 Å². The van der Waals surface area contributed by atoms with Crippen LogP contribution >= 0.6 is 0 Å². The number of aryl methyl sites for hydroxylation is 2. The van der Waals surface area contributed by atoms with Crippen LogP contribution in [-0.4, -0.2) is 40.1 Å². The fourth-order valence-electron chi connectivity index (χ4n) is 2.65. The van der Waals surface area contributed by atoms with Crippen molar-refractivity contribution >= 4 is 5.91 Å². The SMILES string of the molecule is Cc1cc([C@@H]2CN(C(=O)c3cccn3C)CCO2)ccn1. The Morgan fingerprint density at radius 1 is 1.43 bits per heavy atom. The van der Waals surface area contributed by atoms with E-state index in [-0.39, 0.29) is 12.0 Å². The summed E-state index contributed by atoms with van der Waals surface area (Å²) in [5, 5.41) is 0. The van der Waals surface area contributed by atoms with Crippen LogP contribution in [0.5, 0.6) is 0 Å². The zero-order chi connectivity index (χ0) is 14.8. The van der Waals surface area contributed by atoms with Crippen LogP contribution < -0.4 is 0 Å². The molecule has 2 aromatic rings. The van der Waals surface area contributed by atoms with Crippen molar-refractivity contribution in [3.8, 4) is 0 Å². The van der Waals surface area contributed by atoms with E-state index in [1.807, 2.05) is 53.9 Å². The van der Waals surface area contributed by atoms with Gasteiger partial charge in [0.05, 0.1) is 13.2 Å². The minimum Gasteiger partial charge on any atom is -0.370 e. The molecule has 0 saturated carbocycles. The Labute approximate surface area is 124 Å². The first-order valence-corrected chi connectivity index (χ1v) is 7.10. The van der Waals surface area contributed by atoms with E-state index in [2.05, 4.69) is 4.98 Å². The summed E-state index contributed by atoms with van der Waals surface area (Å²) in [6.07, 6.45) is 3.59. The van der Waals surface area contributed by atoms with Crippen LogP contribution in [0.15, 0.2) is 36.7 Å². The van der Waals surface area contributed by atoms with Crippen LogP contribution in [0, 0.1) is 6.92 Å². The van der Waals surface area contributed by atoms with Gasteiger partial charge in [-0.1, -0.05) is 0 Å². The predicted octanol–water partition coefficient (Wildman–Crippen LogP) is 1.94. The Kier molecular flexibility index (Phi) is 3.75. The molecule has 1 amide bonds. The smallest absolute Gasteiger partial charge is 0.270 e. The quantitative estimate of drug-likeness (QED) is 0.847. The first-order valence-electron chi connectivity index (χ1n) is 7.10. The Bertz CT molecular complexity index is 650. The average molecular weight is 285 g/mol. The van der Waals surface area contributed by atoms with E-state index in [1.165, 1.54) is 0 Å². The zero-order valence-corrected chi connectivity index (χ0v) is 12.3. The van der Waals surface area contributed by atoms with Crippen molar-refractivity contribution in [2.75, 3.05) is 19.7 Å². The first kappa shape index (κ1) is 13.8. The fourth-order valence-corrected chi connectivity index (χ4v) is 2.65. The molecule has 21 heavy (non-hydrogen) atoms. The highest BCUT2D eigenvalue weighted by atomic mass is 16.5. The first-order chi connectivity index (χ1) is 10.1. The maximum absolute atomic E-state index is 12.6. The highest BCUT2D eigenvalue weighted by molar-refractivity contribution is 5.92. The number of morpholine rings is 1. The standard InChI is InChI=1S/C16H19N3O2/c1-12-10-13(5-6-17-12)15-11-19(8-9-21-15)16(20)14-4-3-7-18(14)2/h3-7,10,15H,8-9,11H2,1-2H3/t15-/m0/s1. The molecule has 2 aromatic heterocycles. The summed E-state index contributed by atoms with van der Waals surface area (Å²) in [6, 6.07) is 7.70. The average Bonchev–Trinajstić information content (AvgIpc) is 2.93. The molecular formula is C16H19N3O2. The molecule has 0 spiro atoms. The number of hydrogen-bond acceptors (Lipinski definition) is 3. The second kappa shape index (κ2) is 5.69. The molecular weight excluding hydrogens is 266 g/mol. The van der Waals surface area contributed by atoms with Gasteiger partial charge in [0, 0.05) is 31.7 Å². The van der Waals surface area contributed by atoms with E-state index in [0.29, 0.717) is 25.4 Å². The number of ether oxygens (including phenoxy) is 1. The molecule has 1 atom stereocenters. The van der Waals surface area contributed by atoms with E-state index < -0.39 is 0 Å². The maximum atomic E-state index is 12.6. The van der Waals surface area contributed by atoms with Gasteiger partial charge in [0.25, 0.3) is 5.91 Å². The Morgan fingerprint density at radius 3 is 3.00 bits per heavy atom. The van der Waals surface area contributed by atoms with E-state index in [9.17, 15) is 4.79 Å². The molecule has 0 unspecified atom stereocenters. The summed E-state index contributed by atoms with van der Waals surface area (Å²) in [7, 11) is 1.89. The van der Waals surface area contributed by atoms with Gasteiger partial charge in [0.15, 0.2) is 0 Å². The van der Waals surface area contributed by atoms with Gasteiger partial charge in [0.2, 0.25) is 0 Å². The van der Waals surface area contributed by atoms with Crippen molar-refractivity contribution in [3.63, 3.8) is 0 Å². The summed E-state index contributed by atoms with van der Waals surface area (Å²) < 4.78 is 7.67. The molecule has 0 aromatic carbocycles. The Hall–Kier alpha value is -2.14. The van der Waals surface area contributed by atoms with Crippen LogP contribution in [0.2, 0.25) is 0 Å². The number of carbonyl (C=O) groups is 1. The molecule has 0 aliphatic carbocycles. The molecule has 0 N–H and O–H groups in total. The van der Waals surface area contributed by atoms with Crippen LogP contribution in [0.3, 0.4) is 0 Å². The molecule has 0 radical (unpaired) electrons. The molecule has 5 heteroatoms. The van der Waals surface area contributed by atoms with E-state index in [0.717, 1.165) is 11.3 Å². The lowest BCUT2D eigenvalue weighted by Crippen LogP contribution is -2.42. The molecule has 1 saturated heterocycles. The normalized spacial score (nSPS) is 18.8. The summed E-state index contributed by atoms with van der Waals surface area (Å²) in [6.45, 7) is 3.72. The highest BCUT2D eigenvalue weighted by Crippen LogP contribution is 2.23. The summed E-state index contributed by atoms with van der Waals surface area (Å²) in [5.74, 6) is 0.0570. The van der Waals surface area contributed by atoms with Gasteiger partial charge in [-0.25, -0.2) is 0 Å². The molecule has 5 nitrogen and oxygen atoms in total. The van der Waals surface area contributed by atoms with Crippen molar-refractivity contribution in [1.29, 1.82) is 0 Å². The topological polar surface area (TPSA) is 47.4 Å². The number of aromatic nitrogens is 2. The highest BCUT2D eigenvalue weighted by Gasteiger charge is 2.27. The van der Waals surface area contributed by atoms with Crippen molar-refractivity contribution in [1.82, 2.24) is 14.5 Å². The molecule has 1 aliphatic rings. The lowest BCUT2D eigenvalue weighted by Gasteiger charge is -2.33. The van der Waals surface area contributed by atoms with Crippen LogP contribution in [0.25, 0.3) is 0 Å². The van der Waals surface area contributed by atoms with Gasteiger partial charge >= 0.3 is 0 Å². The third-order valence-electron chi connectivity index (χ3n) is 3.81. The van der Waals surface area contributed by atoms with E-state index in [4.69, 9.17) is 4.74 Å². The molecule has 1 aliphatic heterocycles. The minimum absolute atomic E-state index is 0.0570. The van der Waals surface area contributed by atoms with E-state index in [1.54, 1.807) is 6.20 Å². The number of nitrogens with zero attached hydrogens (tertiary/aromatic N) is 3. The third-order valence-corrected chi connectivity index (χ3v) is 3.81. The van der Waals surface area contributed by atoms with Gasteiger partial charge < -0.3 is 14.2 Å². The number of amides is 1. The monoisotopic (exact) mass is 285 g/mol. The predicted molar refractivity (Wildman–Crippen MR) is 79.0 cm³/mol. The molecule has 3 heterocycles. The van der Waals surface area contributed by atoms with Gasteiger partial charge in [0.1, 0.15) is 11.8 Å². The zero-order valence-electron chi connectivity index (χ0n) is 12.3.